The summed E-state index contributed by atoms with van der Waals surface area (Å²) in [7, 11) is 0. The zero-order valence-corrected chi connectivity index (χ0v) is 11.0. The van der Waals surface area contributed by atoms with E-state index in [4.69, 9.17) is 5.26 Å². The van der Waals surface area contributed by atoms with Crippen LogP contribution >= 0.6 is 11.8 Å². The van der Waals surface area contributed by atoms with Gasteiger partial charge in [0.25, 0.3) is 0 Å². The Hall–Kier alpha value is -1.80. The number of aliphatic imine (C=N–C) groups is 1. The third-order valence-electron chi connectivity index (χ3n) is 2.72. The predicted molar refractivity (Wildman–Crippen MR) is 72.2 cm³/mol. The number of thioether (sulfide) groups is 1. The van der Waals surface area contributed by atoms with Gasteiger partial charge in [-0.2, -0.15) is 5.26 Å². The lowest BCUT2D eigenvalue weighted by Gasteiger charge is -2.07. The van der Waals surface area contributed by atoms with Gasteiger partial charge in [0.15, 0.2) is 5.17 Å². The van der Waals surface area contributed by atoms with E-state index in [2.05, 4.69) is 16.4 Å². The number of hydrogen-bond donors (Lipinski definition) is 1. The van der Waals surface area contributed by atoms with Gasteiger partial charge in [0.05, 0.1) is 22.9 Å². The molecule has 1 aliphatic heterocycles. The molecule has 1 aromatic rings. The fourth-order valence-corrected chi connectivity index (χ4v) is 2.49. The molecule has 18 heavy (non-hydrogen) atoms. The number of amidine groups is 1. The van der Waals surface area contributed by atoms with Gasteiger partial charge in [0.2, 0.25) is 5.91 Å². The summed E-state index contributed by atoms with van der Waals surface area (Å²) in [5, 5.41) is 12.1. The fraction of sp³-hybridized carbons (Fsp3) is 0.308. The van der Waals surface area contributed by atoms with Crippen molar-refractivity contribution in [2.24, 2.45) is 4.99 Å². The van der Waals surface area contributed by atoms with Crippen molar-refractivity contribution >= 4 is 22.8 Å². The van der Waals surface area contributed by atoms with Crippen molar-refractivity contribution in [1.82, 2.24) is 5.32 Å². The number of rotatable bonds is 2. The second-order valence-corrected chi connectivity index (χ2v) is 5.42. The van der Waals surface area contributed by atoms with Gasteiger partial charge in [0.1, 0.15) is 0 Å². The van der Waals surface area contributed by atoms with Crippen LogP contribution in [-0.2, 0) is 4.79 Å². The Kier molecular flexibility index (Phi) is 3.68. The molecule has 4 nitrogen and oxygen atoms in total. The second-order valence-electron chi connectivity index (χ2n) is 4.09. The Bertz CT molecular complexity index is 530. The quantitative estimate of drug-likeness (QED) is 0.885. The molecule has 1 fully saturated rings. The molecule has 1 unspecified atom stereocenters. The van der Waals surface area contributed by atoms with Crippen LogP contribution < -0.4 is 5.32 Å². The third-order valence-corrected chi connectivity index (χ3v) is 3.72. The first kappa shape index (κ1) is 12.7. The van der Waals surface area contributed by atoms with Gasteiger partial charge in [-0.1, -0.05) is 23.9 Å². The number of benzene rings is 1. The Morgan fingerprint density at radius 3 is 2.61 bits per heavy atom. The number of nitrogens with one attached hydrogen (secondary N) is 1. The second kappa shape index (κ2) is 5.23. The van der Waals surface area contributed by atoms with E-state index < -0.39 is 0 Å². The molecule has 0 aliphatic carbocycles. The normalized spacial score (nSPS) is 22.6. The minimum Gasteiger partial charge on any atom is -0.304 e. The lowest BCUT2D eigenvalue weighted by atomic mass is 10.1. The van der Waals surface area contributed by atoms with Crippen LogP contribution in [0.4, 0.5) is 0 Å². The average Bonchev–Trinajstić information content (AvgIpc) is 2.68. The van der Waals surface area contributed by atoms with Gasteiger partial charge in [0, 0.05) is 0 Å². The summed E-state index contributed by atoms with van der Waals surface area (Å²) < 4.78 is 0. The van der Waals surface area contributed by atoms with E-state index >= 15 is 0 Å². The number of carbonyl (C=O) groups is 1. The summed E-state index contributed by atoms with van der Waals surface area (Å²) in [6.07, 6.45) is 0. The van der Waals surface area contributed by atoms with Gasteiger partial charge in [-0.3, -0.25) is 9.79 Å². The lowest BCUT2D eigenvalue weighted by molar-refractivity contribution is -0.118. The van der Waals surface area contributed by atoms with Crippen molar-refractivity contribution in [1.29, 1.82) is 5.26 Å². The number of amides is 1. The first-order valence-corrected chi connectivity index (χ1v) is 6.53. The predicted octanol–water partition coefficient (Wildman–Crippen LogP) is 2.23. The van der Waals surface area contributed by atoms with Crippen LogP contribution in [0.5, 0.6) is 0 Å². The van der Waals surface area contributed by atoms with Gasteiger partial charge in [-0.05, 0) is 31.5 Å². The molecule has 5 heteroatoms. The van der Waals surface area contributed by atoms with E-state index in [0.717, 1.165) is 5.56 Å². The van der Waals surface area contributed by atoms with Crippen molar-refractivity contribution < 1.29 is 4.79 Å². The molecule has 1 amide bonds. The summed E-state index contributed by atoms with van der Waals surface area (Å²) in [4.78, 5) is 15.8. The molecule has 0 spiro atoms. The molecule has 1 aliphatic rings. The average molecular weight is 259 g/mol. The van der Waals surface area contributed by atoms with Crippen molar-refractivity contribution in [3.63, 3.8) is 0 Å². The van der Waals surface area contributed by atoms with Gasteiger partial charge < -0.3 is 5.32 Å². The molecule has 1 saturated heterocycles. The summed E-state index contributed by atoms with van der Waals surface area (Å²) in [6.45, 7) is 3.82. The van der Waals surface area contributed by atoms with Crippen molar-refractivity contribution in [2.45, 2.75) is 25.1 Å². The van der Waals surface area contributed by atoms with E-state index in [1.54, 1.807) is 12.1 Å². The van der Waals surface area contributed by atoms with Crippen LogP contribution in [0.1, 0.15) is 31.0 Å². The highest BCUT2D eigenvalue weighted by atomic mass is 32.2. The minimum atomic E-state index is -0.0723. The lowest BCUT2D eigenvalue weighted by Crippen LogP contribution is -2.23. The molecule has 0 aromatic heterocycles. The monoisotopic (exact) mass is 259 g/mol. The third kappa shape index (κ3) is 2.71. The van der Waals surface area contributed by atoms with Crippen LogP contribution in [0.2, 0.25) is 0 Å². The molecule has 2 atom stereocenters. The fourth-order valence-electron chi connectivity index (χ4n) is 1.61. The van der Waals surface area contributed by atoms with Crippen LogP contribution in [0.15, 0.2) is 29.3 Å². The number of nitriles is 1. The maximum Gasteiger partial charge on any atom is 0.239 e. The largest absolute Gasteiger partial charge is 0.304 e. The standard InChI is InChI=1S/C13H13N3OS/c1-8(11-5-3-10(7-14)4-6-11)15-13-16-12(17)9(2)18-13/h3-6,8-9H,1-2H3,(H,15,16,17)/t8-,9?/m0/s1. The van der Waals surface area contributed by atoms with Crippen LogP contribution in [-0.4, -0.2) is 16.3 Å². The molecule has 0 saturated carbocycles. The molecule has 92 valence electrons. The molecular formula is C13H13N3OS. The Labute approximate surface area is 110 Å². The summed E-state index contributed by atoms with van der Waals surface area (Å²) in [5.41, 5.74) is 1.66. The molecule has 1 N–H and O–H groups in total. The summed E-state index contributed by atoms with van der Waals surface area (Å²) >= 11 is 1.44. The molecule has 0 bridgehead atoms. The molecular weight excluding hydrogens is 246 g/mol. The smallest absolute Gasteiger partial charge is 0.239 e. The number of nitrogens with zero attached hydrogens (tertiary/aromatic N) is 2. The molecule has 1 heterocycles. The van der Waals surface area contributed by atoms with E-state index in [1.165, 1.54) is 11.8 Å². The highest BCUT2D eigenvalue weighted by Crippen LogP contribution is 2.23. The van der Waals surface area contributed by atoms with E-state index in [-0.39, 0.29) is 17.2 Å². The highest BCUT2D eigenvalue weighted by Gasteiger charge is 2.26. The molecule has 2 rings (SSSR count). The van der Waals surface area contributed by atoms with Gasteiger partial charge in [-0.25, -0.2) is 0 Å². The Morgan fingerprint density at radius 1 is 1.44 bits per heavy atom. The Balaban J connectivity index is 2.12. The first-order chi connectivity index (χ1) is 8.60. The first-order valence-electron chi connectivity index (χ1n) is 5.65. The zero-order valence-electron chi connectivity index (χ0n) is 10.2. The van der Waals surface area contributed by atoms with Crippen molar-refractivity contribution in [3.05, 3.63) is 35.4 Å². The summed E-state index contributed by atoms with van der Waals surface area (Å²) in [6, 6.07) is 9.36. The SMILES string of the molecule is CC1SC(=N[C@@H](C)c2ccc(C#N)cc2)NC1=O. The van der Waals surface area contributed by atoms with Gasteiger partial charge in [-0.15, -0.1) is 0 Å². The van der Waals surface area contributed by atoms with Crippen LogP contribution in [0.25, 0.3) is 0 Å². The molecule has 0 radical (unpaired) electrons. The maximum atomic E-state index is 11.3. The van der Waals surface area contributed by atoms with E-state index in [9.17, 15) is 4.79 Å². The maximum absolute atomic E-state index is 11.3. The minimum absolute atomic E-state index is 0.00535. The van der Waals surface area contributed by atoms with Crippen LogP contribution in [0.3, 0.4) is 0 Å². The van der Waals surface area contributed by atoms with Crippen LogP contribution in [0, 0.1) is 11.3 Å². The summed E-state index contributed by atoms with van der Waals surface area (Å²) in [5.74, 6) is 0.00535. The van der Waals surface area contributed by atoms with Crippen molar-refractivity contribution in [3.8, 4) is 6.07 Å². The van der Waals surface area contributed by atoms with Crippen molar-refractivity contribution in [2.75, 3.05) is 0 Å². The van der Waals surface area contributed by atoms with E-state index in [0.29, 0.717) is 10.7 Å². The number of carbonyl (C=O) groups excluding carboxylic acids is 1. The van der Waals surface area contributed by atoms with Gasteiger partial charge >= 0.3 is 0 Å². The highest BCUT2D eigenvalue weighted by molar-refractivity contribution is 8.15. The Morgan fingerprint density at radius 2 is 2.11 bits per heavy atom. The van der Waals surface area contributed by atoms with E-state index in [1.807, 2.05) is 26.0 Å². The molecule has 1 aromatic carbocycles. The zero-order chi connectivity index (χ0) is 13.1. The topological polar surface area (TPSA) is 65.2 Å². The number of hydrogen-bond acceptors (Lipinski definition) is 4.